The highest BCUT2D eigenvalue weighted by Gasteiger charge is 2.12. The summed E-state index contributed by atoms with van der Waals surface area (Å²) >= 11 is 4.72. The zero-order valence-electron chi connectivity index (χ0n) is 12.9. The molecule has 0 saturated heterocycles. The third-order valence-corrected chi connectivity index (χ3v) is 4.95. The van der Waals surface area contributed by atoms with E-state index in [2.05, 4.69) is 49.4 Å². The van der Waals surface area contributed by atoms with Crippen LogP contribution in [0.3, 0.4) is 0 Å². The zero-order valence-corrected chi connectivity index (χ0v) is 15.3. The summed E-state index contributed by atoms with van der Waals surface area (Å²) in [6.07, 6.45) is 3.16. The fourth-order valence-electron chi connectivity index (χ4n) is 2.61. The van der Waals surface area contributed by atoms with E-state index in [0.29, 0.717) is 10.7 Å². The number of nitrogens with one attached hydrogen (secondary N) is 1. The first kappa shape index (κ1) is 15.9. The number of fused-ring (bicyclic) bond motifs is 1. The van der Waals surface area contributed by atoms with Crippen LogP contribution in [0.1, 0.15) is 10.4 Å². The first-order valence-electron chi connectivity index (χ1n) is 7.56. The number of rotatable bonds is 3. The molecule has 1 amide bonds. The van der Waals surface area contributed by atoms with Crippen molar-refractivity contribution in [2.24, 2.45) is 0 Å². The van der Waals surface area contributed by atoms with Gasteiger partial charge in [0, 0.05) is 27.8 Å². The maximum atomic E-state index is 12.3. The van der Waals surface area contributed by atoms with Crippen LogP contribution in [0.25, 0.3) is 22.0 Å². The smallest absolute Gasteiger partial charge is 0.259 e. The van der Waals surface area contributed by atoms with E-state index in [1.807, 2.05) is 29.6 Å². The summed E-state index contributed by atoms with van der Waals surface area (Å²) in [4.78, 5) is 20.9. The Balaban J connectivity index is 1.63. The summed E-state index contributed by atoms with van der Waals surface area (Å²) in [5.41, 5.74) is 2.39. The van der Waals surface area contributed by atoms with Gasteiger partial charge in [-0.3, -0.25) is 15.1 Å². The Hall–Kier alpha value is -2.57. The van der Waals surface area contributed by atoms with E-state index in [0.717, 1.165) is 21.1 Å². The highest BCUT2D eigenvalue weighted by molar-refractivity contribution is 9.10. The van der Waals surface area contributed by atoms with Crippen molar-refractivity contribution in [1.82, 2.24) is 9.97 Å². The van der Waals surface area contributed by atoms with Crippen LogP contribution in [0.5, 0.6) is 0 Å². The van der Waals surface area contributed by atoms with Crippen LogP contribution in [0.4, 0.5) is 5.13 Å². The third-order valence-electron chi connectivity index (χ3n) is 3.76. The molecule has 25 heavy (non-hydrogen) atoms. The fraction of sp³-hybridized carbons (Fsp3) is 0. The second-order valence-electron chi connectivity index (χ2n) is 5.41. The Morgan fingerprint density at radius 3 is 2.80 bits per heavy atom. The van der Waals surface area contributed by atoms with Gasteiger partial charge in [0.2, 0.25) is 0 Å². The lowest BCUT2D eigenvalue weighted by Crippen LogP contribution is -2.11. The summed E-state index contributed by atoms with van der Waals surface area (Å²) in [5.74, 6) is -0.229. The second-order valence-corrected chi connectivity index (χ2v) is 7.18. The number of carbonyl (C=O) groups excluding carboxylic acids is 1. The lowest BCUT2D eigenvalue weighted by Gasteiger charge is -2.04. The Morgan fingerprint density at radius 1 is 1.08 bits per heavy atom. The van der Waals surface area contributed by atoms with Gasteiger partial charge in [0.25, 0.3) is 5.91 Å². The highest BCUT2D eigenvalue weighted by Crippen LogP contribution is 2.31. The Kier molecular flexibility index (Phi) is 4.29. The van der Waals surface area contributed by atoms with Gasteiger partial charge in [-0.15, -0.1) is 11.3 Å². The first-order chi connectivity index (χ1) is 12.2. The minimum Gasteiger partial charge on any atom is -0.298 e. The molecule has 0 saturated carbocycles. The van der Waals surface area contributed by atoms with Crippen molar-refractivity contribution in [3.63, 3.8) is 0 Å². The fourth-order valence-corrected chi connectivity index (χ4v) is 3.68. The van der Waals surface area contributed by atoms with E-state index in [4.69, 9.17) is 0 Å². The molecule has 1 N–H and O–H groups in total. The molecule has 0 unspecified atom stereocenters. The minimum atomic E-state index is -0.229. The average molecular weight is 410 g/mol. The Labute approximate surface area is 156 Å². The van der Waals surface area contributed by atoms with Gasteiger partial charge in [0.05, 0.1) is 11.3 Å². The number of carbonyl (C=O) groups is 1. The Morgan fingerprint density at radius 2 is 1.92 bits per heavy atom. The van der Waals surface area contributed by atoms with Crippen LogP contribution in [0, 0.1) is 0 Å². The summed E-state index contributed by atoms with van der Waals surface area (Å²) in [6.45, 7) is 0. The third kappa shape index (κ3) is 3.31. The van der Waals surface area contributed by atoms with E-state index >= 15 is 0 Å². The molecule has 4 rings (SSSR count). The summed E-state index contributed by atoms with van der Waals surface area (Å²) in [5, 5.41) is 7.66. The van der Waals surface area contributed by atoms with Crippen molar-refractivity contribution in [2.45, 2.75) is 0 Å². The topological polar surface area (TPSA) is 54.9 Å². The molecule has 0 radical (unpaired) electrons. The summed E-state index contributed by atoms with van der Waals surface area (Å²) in [6, 6.07) is 16.1. The number of anilines is 1. The number of nitrogens with zero attached hydrogens (tertiary/aromatic N) is 2. The van der Waals surface area contributed by atoms with Crippen molar-refractivity contribution >= 4 is 49.1 Å². The lowest BCUT2D eigenvalue weighted by atomic mass is 10.0. The number of amides is 1. The molecular weight excluding hydrogens is 398 g/mol. The molecule has 0 bridgehead atoms. The van der Waals surface area contributed by atoms with Gasteiger partial charge >= 0.3 is 0 Å². The number of benzene rings is 2. The van der Waals surface area contributed by atoms with Crippen LogP contribution in [0.15, 0.2) is 70.8 Å². The van der Waals surface area contributed by atoms with Crippen molar-refractivity contribution < 1.29 is 4.79 Å². The highest BCUT2D eigenvalue weighted by atomic mass is 79.9. The van der Waals surface area contributed by atoms with Gasteiger partial charge in [-0.2, -0.15) is 0 Å². The molecule has 4 aromatic rings. The van der Waals surface area contributed by atoms with Crippen LogP contribution in [-0.4, -0.2) is 15.9 Å². The largest absolute Gasteiger partial charge is 0.298 e. The van der Waals surface area contributed by atoms with Gasteiger partial charge in [-0.1, -0.05) is 42.5 Å². The quantitative estimate of drug-likeness (QED) is 0.494. The molecule has 0 atom stereocenters. The van der Waals surface area contributed by atoms with Gasteiger partial charge < -0.3 is 0 Å². The predicted octanol–water partition coefficient (Wildman–Crippen LogP) is 5.37. The second kappa shape index (κ2) is 6.74. The SMILES string of the molecule is O=C(Nc1nc(-c2cccc3ccccc23)cs1)c1cncc(Br)c1. The molecule has 0 aliphatic heterocycles. The molecular formula is C19H12BrN3OS. The summed E-state index contributed by atoms with van der Waals surface area (Å²) < 4.78 is 0.760. The molecule has 122 valence electrons. The number of hydrogen-bond donors (Lipinski definition) is 1. The number of hydrogen-bond acceptors (Lipinski definition) is 4. The number of thiazole rings is 1. The van der Waals surface area contributed by atoms with E-state index in [1.165, 1.54) is 22.9 Å². The van der Waals surface area contributed by atoms with Crippen molar-refractivity contribution in [3.05, 3.63) is 76.3 Å². The molecule has 0 aliphatic rings. The predicted molar refractivity (Wildman–Crippen MR) is 105 cm³/mol. The van der Waals surface area contributed by atoms with Crippen molar-refractivity contribution in [1.29, 1.82) is 0 Å². The molecule has 0 fully saturated rings. The van der Waals surface area contributed by atoms with E-state index in [-0.39, 0.29) is 5.91 Å². The van der Waals surface area contributed by atoms with Gasteiger partial charge in [-0.05, 0) is 32.8 Å². The molecule has 0 spiro atoms. The average Bonchev–Trinajstić information content (AvgIpc) is 3.09. The Bertz CT molecular complexity index is 1070. The van der Waals surface area contributed by atoms with Gasteiger partial charge in [0.15, 0.2) is 5.13 Å². The van der Waals surface area contributed by atoms with E-state index in [1.54, 1.807) is 12.3 Å². The number of aromatic nitrogens is 2. The molecule has 0 aliphatic carbocycles. The lowest BCUT2D eigenvalue weighted by molar-refractivity contribution is 0.102. The zero-order chi connectivity index (χ0) is 17.2. The van der Waals surface area contributed by atoms with E-state index in [9.17, 15) is 4.79 Å². The number of halogens is 1. The molecule has 4 nitrogen and oxygen atoms in total. The first-order valence-corrected chi connectivity index (χ1v) is 9.23. The molecule has 6 heteroatoms. The minimum absolute atomic E-state index is 0.229. The standard InChI is InChI=1S/C19H12BrN3OS/c20-14-8-13(9-21-10-14)18(24)23-19-22-17(11-25-19)16-7-3-5-12-4-1-2-6-15(12)16/h1-11H,(H,22,23,24). The van der Waals surface area contributed by atoms with Crippen LogP contribution < -0.4 is 5.32 Å². The van der Waals surface area contributed by atoms with Crippen molar-refractivity contribution in [2.75, 3.05) is 5.32 Å². The van der Waals surface area contributed by atoms with Crippen LogP contribution in [-0.2, 0) is 0 Å². The van der Waals surface area contributed by atoms with Crippen LogP contribution >= 0.6 is 27.3 Å². The molecule has 2 aromatic carbocycles. The van der Waals surface area contributed by atoms with Crippen LogP contribution in [0.2, 0.25) is 0 Å². The molecule has 2 heterocycles. The summed E-state index contributed by atoms with van der Waals surface area (Å²) in [7, 11) is 0. The maximum absolute atomic E-state index is 12.3. The molecule has 2 aromatic heterocycles. The van der Waals surface area contributed by atoms with E-state index < -0.39 is 0 Å². The van der Waals surface area contributed by atoms with Gasteiger partial charge in [0.1, 0.15) is 0 Å². The maximum Gasteiger partial charge on any atom is 0.259 e. The number of pyridine rings is 1. The normalized spacial score (nSPS) is 10.8. The van der Waals surface area contributed by atoms with Gasteiger partial charge in [-0.25, -0.2) is 4.98 Å². The van der Waals surface area contributed by atoms with Crippen molar-refractivity contribution in [3.8, 4) is 11.3 Å². The monoisotopic (exact) mass is 409 g/mol.